The van der Waals surface area contributed by atoms with Crippen molar-refractivity contribution >= 4 is 10.9 Å². The Kier molecular flexibility index (Phi) is 4.63. The topological polar surface area (TPSA) is 37.0 Å². The summed E-state index contributed by atoms with van der Waals surface area (Å²) in [4.78, 5) is 2.95. The van der Waals surface area contributed by atoms with E-state index in [0.717, 1.165) is 35.2 Å². The zero-order chi connectivity index (χ0) is 16.2. The van der Waals surface area contributed by atoms with Crippen LogP contribution >= 0.6 is 0 Å². The van der Waals surface area contributed by atoms with E-state index in [-0.39, 0.29) is 11.7 Å². The van der Waals surface area contributed by atoms with Crippen LogP contribution in [0.4, 0.5) is 4.39 Å². The molecule has 1 aromatic heterocycles. The molecule has 0 fully saturated rings. The number of benzene rings is 2. The first kappa shape index (κ1) is 15.6. The first-order chi connectivity index (χ1) is 11.2. The molecule has 0 aliphatic heterocycles. The number of aromatic nitrogens is 1. The molecule has 1 atom stereocenters. The maximum Gasteiger partial charge on any atom is 0.147 e. The smallest absolute Gasteiger partial charge is 0.147 e. The molecule has 0 saturated heterocycles. The maximum absolute atomic E-state index is 14.4. The second kappa shape index (κ2) is 6.84. The lowest BCUT2D eigenvalue weighted by atomic mass is 9.87. The summed E-state index contributed by atoms with van der Waals surface area (Å²) < 4.78 is 19.7. The van der Waals surface area contributed by atoms with E-state index in [1.54, 1.807) is 19.4 Å². The second-order valence-electron chi connectivity index (χ2n) is 5.67. The molecule has 0 amide bonds. The van der Waals surface area contributed by atoms with E-state index in [2.05, 4.69) is 22.4 Å². The van der Waals surface area contributed by atoms with E-state index >= 15 is 0 Å². The predicted molar refractivity (Wildman–Crippen MR) is 91.6 cm³/mol. The van der Waals surface area contributed by atoms with Crippen molar-refractivity contribution in [2.45, 2.75) is 12.3 Å². The molecule has 4 heteroatoms. The fourth-order valence-electron chi connectivity index (χ4n) is 3.02. The molecule has 0 spiro atoms. The maximum atomic E-state index is 14.4. The Morgan fingerprint density at radius 2 is 2.04 bits per heavy atom. The van der Waals surface area contributed by atoms with Crippen molar-refractivity contribution in [3.05, 3.63) is 65.6 Å². The number of nitrogens with one attached hydrogen (secondary N) is 2. The molecule has 1 heterocycles. The Balaban J connectivity index is 2.05. The number of hydrogen-bond acceptors (Lipinski definition) is 2. The number of hydrogen-bond donors (Lipinski definition) is 2. The summed E-state index contributed by atoms with van der Waals surface area (Å²) in [6.45, 7) is 0.856. The number of H-pyrrole nitrogens is 1. The summed E-state index contributed by atoms with van der Waals surface area (Å²) in [6, 6.07) is 13.6. The third kappa shape index (κ3) is 3.22. The summed E-state index contributed by atoms with van der Waals surface area (Å²) in [5, 5.41) is 4.08. The van der Waals surface area contributed by atoms with Crippen LogP contribution in [-0.4, -0.2) is 25.7 Å². The molecule has 1 unspecified atom stereocenters. The third-order valence-corrected chi connectivity index (χ3v) is 4.22. The lowest BCUT2D eigenvalue weighted by Gasteiger charge is -2.19. The first-order valence-electron chi connectivity index (χ1n) is 7.78. The quantitative estimate of drug-likeness (QED) is 0.720. The predicted octanol–water partition coefficient (Wildman–Crippen LogP) is 4.06. The number of rotatable bonds is 6. The van der Waals surface area contributed by atoms with Gasteiger partial charge in [-0.15, -0.1) is 0 Å². The molecule has 2 aromatic carbocycles. The average Bonchev–Trinajstić information content (AvgIpc) is 3.05. The summed E-state index contributed by atoms with van der Waals surface area (Å²) in [7, 11) is 3.59. The van der Waals surface area contributed by atoms with Gasteiger partial charge in [-0.25, -0.2) is 4.39 Å². The fraction of sp³-hybridized carbons (Fsp3) is 0.263. The van der Waals surface area contributed by atoms with Gasteiger partial charge < -0.3 is 15.0 Å². The molecule has 0 bridgehead atoms. The minimum Gasteiger partial charge on any atom is -0.497 e. The van der Waals surface area contributed by atoms with Gasteiger partial charge >= 0.3 is 0 Å². The van der Waals surface area contributed by atoms with E-state index in [9.17, 15) is 4.39 Å². The van der Waals surface area contributed by atoms with Gasteiger partial charge in [0.1, 0.15) is 11.6 Å². The molecule has 3 nitrogen and oxygen atoms in total. The van der Waals surface area contributed by atoms with Gasteiger partial charge in [0.2, 0.25) is 0 Å². The molecule has 0 aliphatic carbocycles. The number of ether oxygens (including phenoxy) is 1. The van der Waals surface area contributed by atoms with Crippen molar-refractivity contribution in [2.24, 2.45) is 0 Å². The first-order valence-corrected chi connectivity index (χ1v) is 7.78. The van der Waals surface area contributed by atoms with Crippen molar-refractivity contribution in [1.82, 2.24) is 10.3 Å². The third-order valence-electron chi connectivity index (χ3n) is 4.22. The van der Waals surface area contributed by atoms with Gasteiger partial charge in [0.05, 0.1) is 12.6 Å². The van der Waals surface area contributed by atoms with Gasteiger partial charge in [-0.05, 0) is 61.5 Å². The highest BCUT2D eigenvalue weighted by Crippen LogP contribution is 2.32. The molecule has 2 N–H and O–H groups in total. The number of aromatic amines is 1. The molecular formula is C19H21FN2O. The van der Waals surface area contributed by atoms with Crippen LogP contribution in [-0.2, 0) is 0 Å². The number of halogens is 1. The van der Waals surface area contributed by atoms with Crippen molar-refractivity contribution in [2.75, 3.05) is 20.7 Å². The molecule has 0 radical (unpaired) electrons. The highest BCUT2D eigenvalue weighted by Gasteiger charge is 2.17. The van der Waals surface area contributed by atoms with Crippen LogP contribution in [0.1, 0.15) is 23.5 Å². The minimum absolute atomic E-state index is 0.117. The van der Waals surface area contributed by atoms with Gasteiger partial charge in [0.25, 0.3) is 0 Å². The Hall–Kier alpha value is -2.33. The highest BCUT2D eigenvalue weighted by atomic mass is 19.1. The summed E-state index contributed by atoms with van der Waals surface area (Å²) in [5.74, 6) is 0.728. The van der Waals surface area contributed by atoms with Gasteiger partial charge in [0, 0.05) is 17.5 Å². The second-order valence-corrected chi connectivity index (χ2v) is 5.67. The summed E-state index contributed by atoms with van der Waals surface area (Å²) >= 11 is 0. The number of methoxy groups -OCH3 is 1. The Morgan fingerprint density at radius 3 is 2.83 bits per heavy atom. The average molecular weight is 312 g/mol. The van der Waals surface area contributed by atoms with Crippen LogP contribution in [0.5, 0.6) is 5.75 Å². The Morgan fingerprint density at radius 1 is 1.17 bits per heavy atom. The van der Waals surface area contributed by atoms with E-state index in [4.69, 9.17) is 4.74 Å². The lowest BCUT2D eigenvalue weighted by molar-refractivity contribution is 0.414. The molecule has 120 valence electrons. The van der Waals surface area contributed by atoms with Gasteiger partial charge in [-0.3, -0.25) is 0 Å². The van der Waals surface area contributed by atoms with Crippen molar-refractivity contribution < 1.29 is 9.13 Å². The molecule has 3 aromatic rings. The van der Waals surface area contributed by atoms with E-state index < -0.39 is 0 Å². The van der Waals surface area contributed by atoms with Gasteiger partial charge in [-0.2, -0.15) is 0 Å². The van der Waals surface area contributed by atoms with Crippen molar-refractivity contribution in [3.63, 3.8) is 0 Å². The largest absolute Gasteiger partial charge is 0.497 e. The van der Waals surface area contributed by atoms with Gasteiger partial charge in [0.15, 0.2) is 0 Å². The zero-order valence-corrected chi connectivity index (χ0v) is 13.4. The SMILES string of the molecule is CNCCC(c1cccc(OC)c1)c1cc(F)c2[nH]ccc2c1. The minimum atomic E-state index is -0.208. The molecule has 23 heavy (non-hydrogen) atoms. The highest BCUT2D eigenvalue weighted by molar-refractivity contribution is 5.81. The molecule has 0 aliphatic rings. The van der Waals surface area contributed by atoms with E-state index in [1.165, 1.54) is 0 Å². The lowest BCUT2D eigenvalue weighted by Crippen LogP contribution is -2.13. The number of fused-ring (bicyclic) bond motifs is 1. The zero-order valence-electron chi connectivity index (χ0n) is 13.4. The van der Waals surface area contributed by atoms with Crippen molar-refractivity contribution in [1.29, 1.82) is 0 Å². The Labute approximate surface area is 135 Å². The summed E-state index contributed by atoms with van der Waals surface area (Å²) in [6.07, 6.45) is 2.66. The van der Waals surface area contributed by atoms with Crippen LogP contribution < -0.4 is 10.1 Å². The van der Waals surface area contributed by atoms with E-state index in [1.807, 2.05) is 31.3 Å². The standard InChI is InChI=1S/C19H21FN2O/c1-21-8-7-17(13-4-3-5-16(11-13)23-2)15-10-14-6-9-22-19(14)18(20)12-15/h3-6,9-12,17,21-22H,7-8H2,1-2H3. The fourth-order valence-corrected chi connectivity index (χ4v) is 3.02. The van der Waals surface area contributed by atoms with Crippen LogP contribution in [0.15, 0.2) is 48.7 Å². The van der Waals surface area contributed by atoms with Crippen LogP contribution in [0.2, 0.25) is 0 Å². The molecular weight excluding hydrogens is 291 g/mol. The molecule has 0 saturated carbocycles. The Bertz CT molecular complexity index is 797. The summed E-state index contributed by atoms with van der Waals surface area (Å²) in [5.41, 5.74) is 2.68. The van der Waals surface area contributed by atoms with Crippen LogP contribution in [0.25, 0.3) is 10.9 Å². The van der Waals surface area contributed by atoms with Crippen LogP contribution in [0.3, 0.4) is 0 Å². The van der Waals surface area contributed by atoms with E-state index in [0.29, 0.717) is 5.52 Å². The monoisotopic (exact) mass is 312 g/mol. The normalized spacial score (nSPS) is 12.5. The van der Waals surface area contributed by atoms with Crippen molar-refractivity contribution in [3.8, 4) is 5.75 Å². The van der Waals surface area contributed by atoms with Gasteiger partial charge in [-0.1, -0.05) is 12.1 Å². The van der Waals surface area contributed by atoms with Crippen LogP contribution in [0, 0.1) is 5.82 Å². The molecule has 3 rings (SSSR count).